The number of amides is 2. The Hall–Kier alpha value is -4.51. The minimum absolute atomic E-state index is 0.0450. The first-order chi connectivity index (χ1) is 31.1. The number of fused-ring (bicyclic) bond motifs is 2. The van der Waals surface area contributed by atoms with Gasteiger partial charge in [0.1, 0.15) is 16.7 Å². The molecule has 66 heavy (non-hydrogen) atoms. The van der Waals surface area contributed by atoms with E-state index >= 15 is 0 Å². The fourth-order valence-corrected chi connectivity index (χ4v) is 10.3. The second kappa shape index (κ2) is 20.8. The summed E-state index contributed by atoms with van der Waals surface area (Å²) in [5.74, 6) is -3.67. The molecule has 1 saturated heterocycles. The number of carbonyl (C=O) groups is 4. The van der Waals surface area contributed by atoms with Crippen molar-refractivity contribution in [2.24, 2.45) is 0 Å². The van der Waals surface area contributed by atoms with E-state index in [2.05, 4.69) is 18.7 Å². The summed E-state index contributed by atoms with van der Waals surface area (Å²) in [6.45, 7) is 5.45. The molecule has 0 saturated carbocycles. The lowest BCUT2D eigenvalue weighted by atomic mass is 9.75. The van der Waals surface area contributed by atoms with E-state index < -0.39 is 71.0 Å². The molecule has 0 radical (unpaired) electrons. The van der Waals surface area contributed by atoms with Crippen molar-refractivity contribution in [3.63, 3.8) is 0 Å². The molecule has 1 unspecified atom stereocenters. The van der Waals surface area contributed by atoms with Crippen LogP contribution in [0.2, 0.25) is 0 Å². The van der Waals surface area contributed by atoms with Crippen LogP contribution in [-0.2, 0) is 73.8 Å². The van der Waals surface area contributed by atoms with Gasteiger partial charge < -0.3 is 34.5 Å². The number of hydrogen-bond acceptors (Lipinski definition) is 21. The van der Waals surface area contributed by atoms with E-state index in [4.69, 9.17) is 4.84 Å². The summed E-state index contributed by atoms with van der Waals surface area (Å²) in [6, 6.07) is 8.85. The molecule has 0 aromatic heterocycles. The van der Waals surface area contributed by atoms with E-state index in [9.17, 15) is 60.7 Å². The molecule has 358 valence electrons. The zero-order valence-corrected chi connectivity index (χ0v) is 38.9. The van der Waals surface area contributed by atoms with Gasteiger partial charge in [0.05, 0.1) is 32.5 Å². The van der Waals surface area contributed by atoms with Gasteiger partial charge in [-0.2, -0.15) is 13.2 Å². The highest BCUT2D eigenvalue weighted by Gasteiger charge is 2.47. The number of allylic oxidation sites excluding steroid dienone is 5. The molecular weight excluding hydrogens is 951 g/mol. The van der Waals surface area contributed by atoms with Crippen molar-refractivity contribution in [3.05, 3.63) is 82.3 Å². The molecular formula is C41H43N3O18S4-4. The van der Waals surface area contributed by atoms with Crippen LogP contribution in [0.4, 0.5) is 11.4 Å². The van der Waals surface area contributed by atoms with E-state index in [1.807, 2.05) is 11.8 Å². The van der Waals surface area contributed by atoms with Crippen molar-refractivity contribution < 1.29 is 88.9 Å². The number of nitrogens with zero attached hydrogens (tertiary/aromatic N) is 3. The van der Waals surface area contributed by atoms with Crippen LogP contribution >= 0.6 is 24.1 Å². The van der Waals surface area contributed by atoms with Crippen LogP contribution in [0.3, 0.4) is 0 Å². The minimum atomic E-state index is -4.90. The second-order valence-corrected chi connectivity index (χ2v) is 20.8. The molecule has 0 N–H and O–H groups in total. The molecule has 2 amide bonds. The maximum absolute atomic E-state index is 14.2. The van der Waals surface area contributed by atoms with Gasteiger partial charge in [0.15, 0.2) is 11.5 Å². The number of anilines is 1. The minimum Gasteiger partial charge on any atom is -0.871 e. The van der Waals surface area contributed by atoms with E-state index in [1.165, 1.54) is 24.3 Å². The highest BCUT2D eigenvalue weighted by molar-refractivity contribution is 7.94. The van der Waals surface area contributed by atoms with Gasteiger partial charge in [-0.3, -0.25) is 24.5 Å². The summed E-state index contributed by atoms with van der Waals surface area (Å²) in [5.41, 5.74) is 0.471. The van der Waals surface area contributed by atoms with E-state index in [0.29, 0.717) is 88.2 Å². The standard InChI is InChI=1S/C41H47N3O18S4/c1-40(2)29-22-26(66(55,56)57)11-13-31(29)42(18-8-20-65(52,53)54)33(40)23-27-38(48)28(39(27)49)24-34-41(3,16-6-4-5-9-37(47)58-44-35(45)14-15-36(44)46)30-21-25(64-62-60-51)10-12-32(30)43(34)17-7-19-63-61-59-50/h10-13,21-24H,4-9,14-20H2,1-3H3,(H4-,48,49,50,51,52,53,54,55,56,57)/p-4. The smallest absolute Gasteiger partial charge is 0.333 e. The number of benzene rings is 2. The van der Waals surface area contributed by atoms with Crippen LogP contribution < -0.4 is 20.5 Å². The molecule has 0 spiro atoms. The van der Waals surface area contributed by atoms with Crippen molar-refractivity contribution in [1.29, 1.82) is 0 Å². The summed E-state index contributed by atoms with van der Waals surface area (Å²) in [4.78, 5) is 57.4. The molecule has 3 heterocycles. The second-order valence-electron chi connectivity index (χ2n) is 16.4. The third-order valence-corrected chi connectivity index (χ3v) is 14.6. The molecule has 0 bridgehead atoms. The molecule has 2 aromatic carbocycles. The summed E-state index contributed by atoms with van der Waals surface area (Å²) < 4.78 is 81.1. The van der Waals surface area contributed by atoms with E-state index in [0.717, 1.165) is 23.7 Å². The Morgan fingerprint density at radius 1 is 0.879 bits per heavy atom. The van der Waals surface area contributed by atoms with E-state index in [1.54, 1.807) is 36.6 Å². The quantitative estimate of drug-likeness (QED) is 0.0224. The van der Waals surface area contributed by atoms with Crippen molar-refractivity contribution in [2.45, 2.75) is 99.2 Å². The molecule has 1 fully saturated rings. The fraction of sp³-hybridized carbons (Fsp3) is 0.439. The number of ketones is 1. The van der Waals surface area contributed by atoms with Crippen molar-refractivity contribution in [2.75, 3.05) is 29.5 Å². The lowest BCUT2D eigenvalue weighted by Gasteiger charge is -2.34. The monoisotopic (exact) mass is 993 g/mol. The van der Waals surface area contributed by atoms with Gasteiger partial charge >= 0.3 is 5.97 Å². The molecule has 1 aliphatic carbocycles. The van der Waals surface area contributed by atoms with Gasteiger partial charge in [-0.15, -0.1) is 5.06 Å². The van der Waals surface area contributed by atoms with Crippen molar-refractivity contribution >= 4 is 85.0 Å². The number of rotatable bonds is 23. The number of Topliss-reactive ketones (excluding diaryl/α,β-unsaturated/α-hetero) is 1. The third kappa shape index (κ3) is 11.1. The topological polar surface area (TPSA) is 308 Å². The first kappa shape index (κ1) is 50.9. The van der Waals surface area contributed by atoms with Crippen LogP contribution in [-0.4, -0.2) is 89.5 Å². The molecule has 21 nitrogen and oxygen atoms in total. The maximum Gasteiger partial charge on any atom is 0.333 e. The normalized spacial score (nSPS) is 20.6. The van der Waals surface area contributed by atoms with Crippen LogP contribution in [0.25, 0.3) is 0 Å². The average molecular weight is 994 g/mol. The first-order valence-electron chi connectivity index (χ1n) is 20.4. The molecule has 3 aliphatic heterocycles. The predicted octanol–water partition coefficient (Wildman–Crippen LogP) is 1.74. The highest BCUT2D eigenvalue weighted by atomic mass is 32.2. The lowest BCUT2D eigenvalue weighted by molar-refractivity contribution is -0.777. The van der Waals surface area contributed by atoms with Gasteiger partial charge in [-0.1, -0.05) is 18.6 Å². The SMILES string of the molecule is CC1(C)C(C=C2C(=O)C(C=C3N(CCCSOO[O-])c4ccc(SOO[O-])cc4C3(C)CCCCCC(=O)ON3C(=O)CCC3=O)=C2[O-])=[N+](CCCS(=O)(=O)[O-])c2ccc(S(=O)(=O)[O-])cc21. The summed E-state index contributed by atoms with van der Waals surface area (Å²) >= 11 is 1.43. The number of unbranched alkanes of at least 4 members (excludes halogenated alkanes) is 2. The zero-order valence-electron chi connectivity index (χ0n) is 35.6. The number of imide groups is 1. The van der Waals surface area contributed by atoms with Gasteiger partial charge in [0, 0.05) is 106 Å². The zero-order chi connectivity index (χ0) is 48.2. The van der Waals surface area contributed by atoms with Gasteiger partial charge in [0.25, 0.3) is 11.8 Å². The third-order valence-electron chi connectivity index (χ3n) is 11.8. The Balaban J connectivity index is 1.36. The van der Waals surface area contributed by atoms with Crippen LogP contribution in [0, 0.1) is 0 Å². The Kier molecular flexibility index (Phi) is 16.0. The predicted molar refractivity (Wildman–Crippen MR) is 223 cm³/mol. The molecule has 1 atom stereocenters. The Morgan fingerprint density at radius 2 is 1.59 bits per heavy atom. The van der Waals surface area contributed by atoms with Crippen LogP contribution in [0.15, 0.2) is 80.9 Å². The average Bonchev–Trinajstić information content (AvgIpc) is 3.77. The Labute approximate surface area is 388 Å². The fourth-order valence-electron chi connectivity index (χ4n) is 8.55. The Morgan fingerprint density at radius 3 is 2.24 bits per heavy atom. The molecule has 2 aromatic rings. The van der Waals surface area contributed by atoms with Gasteiger partial charge in [-0.05, 0) is 82.0 Å². The highest BCUT2D eigenvalue weighted by Crippen LogP contribution is 2.53. The van der Waals surface area contributed by atoms with E-state index in [-0.39, 0.29) is 49.9 Å². The summed E-state index contributed by atoms with van der Waals surface area (Å²) in [7, 11) is -9.52. The summed E-state index contributed by atoms with van der Waals surface area (Å²) in [6.07, 6.45) is 4.56. The van der Waals surface area contributed by atoms with Crippen molar-refractivity contribution in [1.82, 2.24) is 5.06 Å². The van der Waals surface area contributed by atoms with Crippen LogP contribution in [0.1, 0.15) is 89.7 Å². The number of carbonyl (C=O) groups excluding carboxylic acids is 4. The first-order valence-corrected chi connectivity index (χ1v) is 25.0. The Bertz CT molecular complexity index is 2630. The number of hydrogen-bond donors (Lipinski definition) is 0. The summed E-state index contributed by atoms with van der Waals surface area (Å²) in [5, 5.41) is 42.9. The molecule has 4 aliphatic rings. The maximum atomic E-state index is 14.2. The molecule has 25 heteroatoms. The molecule has 6 rings (SSSR count). The van der Waals surface area contributed by atoms with Crippen LogP contribution in [0.5, 0.6) is 0 Å². The number of hydroxylamine groups is 2. The lowest BCUT2D eigenvalue weighted by Crippen LogP contribution is -2.35. The van der Waals surface area contributed by atoms with Crippen molar-refractivity contribution in [3.8, 4) is 0 Å². The largest absolute Gasteiger partial charge is 0.871 e. The van der Waals surface area contributed by atoms with Gasteiger partial charge in [-0.25, -0.2) is 21.6 Å². The van der Waals surface area contributed by atoms with Gasteiger partial charge in [0.2, 0.25) is 5.69 Å².